The number of hydrogen-bond acceptors (Lipinski definition) is 4. The van der Waals surface area contributed by atoms with Crippen LogP contribution in [0.3, 0.4) is 0 Å². The standard InChI is InChI=1S/C26H22FNO3/c1-16-12-22-20(14-28(15-30-22)17(2)18-8-4-3-5-9-18)26-24(16)25(29)23(31-26)13-19-10-6-7-11-21(19)27/h3-13,17H,14-15H2,1-2H3/b23-13-. The second kappa shape index (κ2) is 7.67. The molecule has 0 aliphatic carbocycles. The number of fused-ring (bicyclic) bond motifs is 3. The first kappa shape index (κ1) is 19.5. The zero-order valence-electron chi connectivity index (χ0n) is 17.4. The summed E-state index contributed by atoms with van der Waals surface area (Å²) in [6.45, 7) is 5.05. The van der Waals surface area contributed by atoms with Crippen molar-refractivity contribution in [2.45, 2.75) is 26.4 Å². The van der Waals surface area contributed by atoms with Crippen LogP contribution in [-0.2, 0) is 6.54 Å². The number of Topliss-reactive ketones (excluding diaryl/α,β-unsaturated/α-hetero) is 1. The monoisotopic (exact) mass is 415 g/mol. The Bertz CT molecular complexity index is 1200. The largest absolute Gasteiger partial charge is 0.478 e. The Kier molecular flexibility index (Phi) is 4.83. The number of halogens is 1. The number of benzene rings is 3. The van der Waals surface area contributed by atoms with Crippen molar-refractivity contribution in [3.63, 3.8) is 0 Å². The fraction of sp³-hybridized carbons (Fsp3) is 0.192. The third-order valence-corrected chi connectivity index (χ3v) is 5.97. The van der Waals surface area contributed by atoms with Crippen LogP contribution in [0.25, 0.3) is 6.08 Å². The third-order valence-electron chi connectivity index (χ3n) is 5.97. The van der Waals surface area contributed by atoms with Gasteiger partial charge in [-0.1, -0.05) is 48.5 Å². The summed E-state index contributed by atoms with van der Waals surface area (Å²) >= 11 is 0. The number of nitrogens with zero attached hydrogens (tertiary/aromatic N) is 1. The number of allylic oxidation sites excluding steroid dienone is 1. The Morgan fingerprint density at radius 2 is 1.84 bits per heavy atom. The van der Waals surface area contributed by atoms with E-state index >= 15 is 0 Å². The summed E-state index contributed by atoms with van der Waals surface area (Å²) in [6.07, 6.45) is 1.47. The molecule has 156 valence electrons. The predicted molar refractivity (Wildman–Crippen MR) is 116 cm³/mol. The van der Waals surface area contributed by atoms with E-state index in [4.69, 9.17) is 9.47 Å². The van der Waals surface area contributed by atoms with Gasteiger partial charge in [-0.2, -0.15) is 0 Å². The average molecular weight is 415 g/mol. The fourth-order valence-corrected chi connectivity index (χ4v) is 4.17. The van der Waals surface area contributed by atoms with E-state index < -0.39 is 5.82 Å². The molecule has 2 heterocycles. The van der Waals surface area contributed by atoms with E-state index in [2.05, 4.69) is 24.0 Å². The van der Waals surface area contributed by atoms with E-state index in [0.717, 1.165) is 16.9 Å². The molecule has 0 aromatic heterocycles. The van der Waals surface area contributed by atoms with E-state index in [1.54, 1.807) is 18.2 Å². The Hall–Kier alpha value is -3.44. The van der Waals surface area contributed by atoms with Crippen LogP contribution < -0.4 is 9.47 Å². The molecular weight excluding hydrogens is 393 g/mol. The molecule has 3 aromatic rings. The number of rotatable bonds is 3. The Morgan fingerprint density at radius 1 is 1.10 bits per heavy atom. The summed E-state index contributed by atoms with van der Waals surface area (Å²) in [4.78, 5) is 15.3. The first-order valence-electron chi connectivity index (χ1n) is 10.3. The van der Waals surface area contributed by atoms with E-state index in [1.165, 1.54) is 17.7 Å². The molecule has 5 rings (SSSR count). The van der Waals surface area contributed by atoms with Gasteiger partial charge < -0.3 is 9.47 Å². The molecule has 4 nitrogen and oxygen atoms in total. The number of ether oxygens (including phenoxy) is 2. The van der Waals surface area contributed by atoms with Gasteiger partial charge in [-0.3, -0.25) is 9.69 Å². The van der Waals surface area contributed by atoms with Gasteiger partial charge in [0.1, 0.15) is 24.0 Å². The van der Waals surface area contributed by atoms with Crippen LogP contribution in [0, 0.1) is 12.7 Å². The quantitative estimate of drug-likeness (QED) is 0.517. The van der Waals surface area contributed by atoms with Crippen LogP contribution in [0.5, 0.6) is 11.5 Å². The van der Waals surface area contributed by atoms with Crippen LogP contribution in [-0.4, -0.2) is 17.4 Å². The lowest BCUT2D eigenvalue weighted by Crippen LogP contribution is -2.34. The van der Waals surface area contributed by atoms with Gasteiger partial charge >= 0.3 is 0 Å². The normalized spacial score (nSPS) is 17.6. The zero-order valence-corrected chi connectivity index (χ0v) is 17.4. The maximum absolute atomic E-state index is 14.1. The highest BCUT2D eigenvalue weighted by molar-refractivity contribution is 6.15. The smallest absolute Gasteiger partial charge is 0.232 e. The number of ketones is 1. The Balaban J connectivity index is 1.51. The molecule has 31 heavy (non-hydrogen) atoms. The van der Waals surface area contributed by atoms with Gasteiger partial charge in [-0.25, -0.2) is 4.39 Å². The summed E-state index contributed by atoms with van der Waals surface area (Å²) in [5, 5.41) is 0. The van der Waals surface area contributed by atoms with Gasteiger partial charge in [-0.05, 0) is 43.2 Å². The van der Waals surface area contributed by atoms with Crippen molar-refractivity contribution in [3.05, 3.63) is 100 Å². The summed E-state index contributed by atoms with van der Waals surface area (Å²) in [5.74, 6) is 0.754. The van der Waals surface area contributed by atoms with E-state index in [1.807, 2.05) is 31.2 Å². The van der Waals surface area contributed by atoms with E-state index in [-0.39, 0.29) is 17.6 Å². The summed E-state index contributed by atoms with van der Waals surface area (Å²) < 4.78 is 26.2. The lowest BCUT2D eigenvalue weighted by molar-refractivity contribution is 0.0605. The van der Waals surface area contributed by atoms with Crippen molar-refractivity contribution in [3.8, 4) is 11.5 Å². The molecule has 0 fully saturated rings. The van der Waals surface area contributed by atoms with Gasteiger partial charge in [0.2, 0.25) is 5.78 Å². The molecule has 0 N–H and O–H groups in total. The van der Waals surface area contributed by atoms with Crippen molar-refractivity contribution in [1.82, 2.24) is 4.90 Å². The van der Waals surface area contributed by atoms with Crippen LogP contribution in [0.15, 0.2) is 66.4 Å². The van der Waals surface area contributed by atoms with E-state index in [0.29, 0.717) is 30.2 Å². The molecule has 0 amide bonds. The fourth-order valence-electron chi connectivity index (χ4n) is 4.17. The predicted octanol–water partition coefficient (Wildman–Crippen LogP) is 5.66. The van der Waals surface area contributed by atoms with Gasteiger partial charge in [0, 0.05) is 18.2 Å². The topological polar surface area (TPSA) is 38.8 Å². The number of hydrogen-bond donors (Lipinski definition) is 0. The molecule has 0 bridgehead atoms. The zero-order chi connectivity index (χ0) is 21.5. The SMILES string of the molecule is Cc1cc2c(c3c1C(=O)/C(=C/c1ccccc1F)O3)CN(C(C)c1ccccc1)CO2. The van der Waals surface area contributed by atoms with Gasteiger partial charge in [0.15, 0.2) is 5.76 Å². The molecule has 2 aliphatic heterocycles. The number of aryl methyl sites for hydroxylation is 1. The summed E-state index contributed by atoms with van der Waals surface area (Å²) in [7, 11) is 0. The maximum Gasteiger partial charge on any atom is 0.232 e. The van der Waals surface area contributed by atoms with Gasteiger partial charge in [-0.15, -0.1) is 0 Å². The first-order valence-corrected chi connectivity index (χ1v) is 10.3. The van der Waals surface area contributed by atoms with Crippen molar-refractivity contribution in [2.24, 2.45) is 0 Å². The maximum atomic E-state index is 14.1. The highest BCUT2D eigenvalue weighted by Crippen LogP contribution is 2.45. The van der Waals surface area contributed by atoms with Gasteiger partial charge in [0.05, 0.1) is 11.1 Å². The molecule has 0 saturated carbocycles. The summed E-state index contributed by atoms with van der Waals surface area (Å²) in [6, 6.07) is 18.6. The molecule has 2 aliphatic rings. The van der Waals surface area contributed by atoms with Crippen molar-refractivity contribution in [2.75, 3.05) is 6.73 Å². The van der Waals surface area contributed by atoms with Crippen LogP contribution in [0.2, 0.25) is 0 Å². The van der Waals surface area contributed by atoms with E-state index in [9.17, 15) is 9.18 Å². The molecule has 0 spiro atoms. The van der Waals surface area contributed by atoms with Crippen LogP contribution in [0.4, 0.5) is 4.39 Å². The van der Waals surface area contributed by atoms with Crippen molar-refractivity contribution >= 4 is 11.9 Å². The van der Waals surface area contributed by atoms with Crippen LogP contribution in [0.1, 0.15) is 45.6 Å². The Labute approximate surface area is 180 Å². The molecule has 1 atom stereocenters. The first-order chi connectivity index (χ1) is 15.0. The minimum atomic E-state index is -0.396. The third kappa shape index (κ3) is 3.41. The lowest BCUT2D eigenvalue weighted by Gasteiger charge is -2.34. The number of carbonyl (C=O) groups excluding carboxylic acids is 1. The molecule has 0 radical (unpaired) electrons. The second-order valence-electron chi connectivity index (χ2n) is 7.94. The minimum absolute atomic E-state index is 0.129. The second-order valence-corrected chi connectivity index (χ2v) is 7.94. The molecular formula is C26H22FNO3. The highest BCUT2D eigenvalue weighted by Gasteiger charge is 2.36. The molecule has 1 unspecified atom stereocenters. The minimum Gasteiger partial charge on any atom is -0.478 e. The highest BCUT2D eigenvalue weighted by atomic mass is 19.1. The Morgan fingerprint density at radius 3 is 2.61 bits per heavy atom. The molecule has 3 aromatic carbocycles. The summed E-state index contributed by atoms with van der Waals surface area (Å²) in [5.41, 5.74) is 3.68. The average Bonchev–Trinajstić information content (AvgIpc) is 3.12. The number of carbonyl (C=O) groups is 1. The van der Waals surface area contributed by atoms with Crippen molar-refractivity contribution < 1.29 is 18.7 Å². The van der Waals surface area contributed by atoms with Crippen molar-refractivity contribution in [1.29, 1.82) is 0 Å². The lowest BCUT2D eigenvalue weighted by atomic mass is 9.98. The van der Waals surface area contributed by atoms with Gasteiger partial charge in [0.25, 0.3) is 0 Å². The molecule has 5 heteroatoms. The van der Waals surface area contributed by atoms with Crippen LogP contribution >= 0.6 is 0 Å². The molecule has 0 saturated heterocycles.